The molecule has 0 saturated carbocycles. The highest BCUT2D eigenvalue weighted by atomic mass is 24.3. The zero-order chi connectivity index (χ0) is 7.44. The van der Waals surface area contributed by atoms with Crippen molar-refractivity contribution in [3.05, 3.63) is 0 Å². The number of carbonyl (C=O) groups is 3. The fourth-order valence-electron chi connectivity index (χ4n) is 0.203. The second kappa shape index (κ2) is 5.18. The van der Waals surface area contributed by atoms with E-state index in [1.54, 1.807) is 0 Å². The number of carboxylic acids is 2. The molecule has 2 radical (unpaired) electrons. The number of ketones is 1. The lowest BCUT2D eigenvalue weighted by molar-refractivity contribution is -0.309. The predicted molar refractivity (Wildman–Crippen MR) is 25.4 cm³/mol. The molecule has 6 heteroatoms. The van der Waals surface area contributed by atoms with Crippen LogP contribution in [-0.2, 0) is 14.4 Å². The minimum Gasteiger partial charge on any atom is -0.550 e. The van der Waals surface area contributed by atoms with Gasteiger partial charge in [-0.05, 0) is 0 Å². The standard InChI is InChI=1S/C4H4O5.Mg/c5-2(4(8)9)1-3(6)7;/h1H2,(H,6,7)(H,8,9);/p-2. The van der Waals surface area contributed by atoms with Crippen LogP contribution in [0.5, 0.6) is 0 Å². The fraction of sp³-hybridized carbons (Fsp3) is 0.250. The Hall–Kier alpha value is -0.624. The summed E-state index contributed by atoms with van der Waals surface area (Å²) in [7, 11) is 0. The summed E-state index contributed by atoms with van der Waals surface area (Å²) in [6.07, 6.45) is -1.12. The maximum Gasteiger partial charge on any atom is 0.183 e. The highest BCUT2D eigenvalue weighted by Gasteiger charge is 2.00. The molecule has 0 aliphatic rings. The summed E-state index contributed by atoms with van der Waals surface area (Å²) in [5.74, 6) is -5.20. The third-order valence-electron chi connectivity index (χ3n) is 0.533. The first-order valence-electron chi connectivity index (χ1n) is 1.98. The van der Waals surface area contributed by atoms with E-state index in [1.165, 1.54) is 0 Å². The van der Waals surface area contributed by atoms with Crippen LogP contribution in [0.1, 0.15) is 6.42 Å². The third kappa shape index (κ3) is 5.51. The molecule has 0 heterocycles. The summed E-state index contributed by atoms with van der Waals surface area (Å²) in [6.45, 7) is 0. The van der Waals surface area contributed by atoms with E-state index in [-0.39, 0.29) is 23.1 Å². The number of aliphatic carboxylic acids is 2. The molecule has 5 nitrogen and oxygen atoms in total. The van der Waals surface area contributed by atoms with E-state index in [1.807, 2.05) is 0 Å². The van der Waals surface area contributed by atoms with Crippen molar-refractivity contribution >= 4 is 40.8 Å². The maximum atomic E-state index is 9.87. The van der Waals surface area contributed by atoms with Crippen molar-refractivity contribution in [2.24, 2.45) is 0 Å². The molecular formula is C4H2MgO5-2. The van der Waals surface area contributed by atoms with Gasteiger partial charge in [-0.25, -0.2) is 0 Å². The molecule has 0 aromatic rings. The van der Waals surface area contributed by atoms with Crippen LogP contribution in [0.15, 0.2) is 0 Å². The number of carboxylic acid groups (broad SMARTS) is 2. The summed E-state index contributed by atoms with van der Waals surface area (Å²) in [4.78, 5) is 28.8. The van der Waals surface area contributed by atoms with E-state index in [9.17, 15) is 24.6 Å². The molecule has 0 bridgehead atoms. The quantitative estimate of drug-likeness (QED) is 0.235. The van der Waals surface area contributed by atoms with Crippen LogP contribution < -0.4 is 10.2 Å². The van der Waals surface area contributed by atoms with E-state index in [0.29, 0.717) is 0 Å². The summed E-state index contributed by atoms with van der Waals surface area (Å²) in [6, 6.07) is 0. The predicted octanol–water partition coefficient (Wildman–Crippen LogP) is -3.94. The van der Waals surface area contributed by atoms with Crippen molar-refractivity contribution in [1.82, 2.24) is 0 Å². The molecule has 0 aromatic carbocycles. The van der Waals surface area contributed by atoms with Gasteiger partial charge in [0.25, 0.3) is 0 Å². The molecule has 0 aromatic heterocycles. The molecular weight excluding hydrogens is 152 g/mol. The summed E-state index contributed by atoms with van der Waals surface area (Å²) in [5.41, 5.74) is 0. The van der Waals surface area contributed by atoms with Crippen LogP contribution in [0, 0.1) is 0 Å². The van der Waals surface area contributed by atoms with Crippen molar-refractivity contribution in [3.63, 3.8) is 0 Å². The van der Waals surface area contributed by atoms with Gasteiger partial charge < -0.3 is 19.8 Å². The van der Waals surface area contributed by atoms with E-state index < -0.39 is 24.1 Å². The van der Waals surface area contributed by atoms with Gasteiger partial charge in [-0.15, -0.1) is 0 Å². The first-order chi connectivity index (χ1) is 4.04. The van der Waals surface area contributed by atoms with Gasteiger partial charge in [0.1, 0.15) is 5.97 Å². The van der Waals surface area contributed by atoms with Crippen LogP contribution in [-0.4, -0.2) is 40.8 Å². The number of hydrogen-bond donors (Lipinski definition) is 0. The zero-order valence-electron chi connectivity index (χ0n) is 4.96. The Morgan fingerprint density at radius 1 is 1.10 bits per heavy atom. The molecule has 0 atom stereocenters. The van der Waals surface area contributed by atoms with Gasteiger partial charge in [0.05, 0.1) is 6.42 Å². The monoisotopic (exact) mass is 154 g/mol. The number of hydrogen-bond acceptors (Lipinski definition) is 5. The molecule has 0 saturated heterocycles. The zero-order valence-corrected chi connectivity index (χ0v) is 6.37. The Bertz CT molecular complexity index is 163. The lowest BCUT2D eigenvalue weighted by Crippen LogP contribution is -2.36. The molecule has 0 N–H and O–H groups in total. The van der Waals surface area contributed by atoms with Crippen LogP contribution in [0.4, 0.5) is 0 Å². The van der Waals surface area contributed by atoms with E-state index in [0.717, 1.165) is 0 Å². The van der Waals surface area contributed by atoms with Crippen LogP contribution in [0.2, 0.25) is 0 Å². The second-order valence-electron chi connectivity index (χ2n) is 1.26. The molecule has 0 spiro atoms. The van der Waals surface area contributed by atoms with Gasteiger partial charge in [0, 0.05) is 29.0 Å². The highest BCUT2D eigenvalue weighted by molar-refractivity contribution is 6.34. The van der Waals surface area contributed by atoms with E-state index >= 15 is 0 Å². The molecule has 10 heavy (non-hydrogen) atoms. The Morgan fingerprint density at radius 3 is 1.60 bits per heavy atom. The Labute approximate surface area is 72.2 Å². The molecule has 0 fully saturated rings. The summed E-state index contributed by atoms with van der Waals surface area (Å²) >= 11 is 0. The highest BCUT2D eigenvalue weighted by Crippen LogP contribution is 1.76. The molecule has 0 amide bonds. The van der Waals surface area contributed by atoms with Crippen LogP contribution >= 0.6 is 0 Å². The third-order valence-corrected chi connectivity index (χ3v) is 0.533. The van der Waals surface area contributed by atoms with Crippen molar-refractivity contribution in [2.75, 3.05) is 0 Å². The van der Waals surface area contributed by atoms with Crippen molar-refractivity contribution < 1.29 is 24.6 Å². The van der Waals surface area contributed by atoms with Crippen molar-refractivity contribution in [3.8, 4) is 0 Å². The van der Waals surface area contributed by atoms with E-state index in [2.05, 4.69) is 0 Å². The smallest absolute Gasteiger partial charge is 0.183 e. The molecule has 0 unspecified atom stereocenters. The largest absolute Gasteiger partial charge is 0.550 e. The van der Waals surface area contributed by atoms with Gasteiger partial charge >= 0.3 is 0 Å². The Morgan fingerprint density at radius 2 is 1.50 bits per heavy atom. The van der Waals surface area contributed by atoms with Gasteiger partial charge in [0.15, 0.2) is 5.78 Å². The van der Waals surface area contributed by atoms with Gasteiger partial charge in [0.2, 0.25) is 0 Å². The van der Waals surface area contributed by atoms with Gasteiger partial charge in [-0.2, -0.15) is 0 Å². The first-order valence-corrected chi connectivity index (χ1v) is 1.98. The number of Topliss-reactive ketones (excluding diaryl/α,β-unsaturated/α-hetero) is 1. The lowest BCUT2D eigenvalue weighted by Gasteiger charge is -1.99. The van der Waals surface area contributed by atoms with E-state index in [4.69, 9.17) is 0 Å². The summed E-state index contributed by atoms with van der Waals surface area (Å²) < 4.78 is 0. The Balaban J connectivity index is 0. The second-order valence-corrected chi connectivity index (χ2v) is 1.26. The van der Waals surface area contributed by atoms with Crippen LogP contribution in [0.3, 0.4) is 0 Å². The van der Waals surface area contributed by atoms with Gasteiger partial charge in [-0.1, -0.05) is 0 Å². The minimum absolute atomic E-state index is 0. The van der Waals surface area contributed by atoms with Crippen molar-refractivity contribution in [2.45, 2.75) is 6.42 Å². The van der Waals surface area contributed by atoms with Gasteiger partial charge in [-0.3, -0.25) is 4.79 Å². The fourth-order valence-corrected chi connectivity index (χ4v) is 0.203. The topological polar surface area (TPSA) is 97.3 Å². The number of rotatable bonds is 3. The lowest BCUT2D eigenvalue weighted by atomic mass is 10.3. The average molecular weight is 154 g/mol. The molecule has 0 aliphatic heterocycles. The molecule has 0 aliphatic carbocycles. The minimum atomic E-state index is -2.00. The normalized spacial score (nSPS) is 7.60. The SMILES string of the molecule is O=C([O-])CC(=O)C(=O)[O-].[Mg]. The maximum absolute atomic E-state index is 9.87. The van der Waals surface area contributed by atoms with Crippen LogP contribution in [0.25, 0.3) is 0 Å². The average Bonchev–Trinajstić information content (AvgIpc) is 1.63. The summed E-state index contributed by atoms with van der Waals surface area (Å²) in [5, 5.41) is 19.0. The first kappa shape index (κ1) is 12.1. The van der Waals surface area contributed by atoms with Crippen molar-refractivity contribution in [1.29, 1.82) is 0 Å². The Kier molecular flexibility index (Phi) is 6.27. The molecule has 52 valence electrons. The number of carbonyl (C=O) groups excluding carboxylic acids is 3. The molecule has 0 rings (SSSR count).